The van der Waals surface area contributed by atoms with Crippen LogP contribution < -0.4 is 5.32 Å². The van der Waals surface area contributed by atoms with E-state index in [4.69, 9.17) is 9.52 Å². The number of nitrogens with zero attached hydrogens (tertiary/aromatic N) is 1. The Morgan fingerprint density at radius 2 is 2.47 bits per heavy atom. The Morgan fingerprint density at radius 1 is 1.67 bits per heavy atom. The highest BCUT2D eigenvalue weighted by atomic mass is 16.4. The molecule has 1 heterocycles. The fourth-order valence-electron chi connectivity index (χ4n) is 1.10. The lowest BCUT2D eigenvalue weighted by Crippen LogP contribution is -2.22. The maximum atomic E-state index is 11.2. The highest BCUT2D eigenvalue weighted by molar-refractivity contribution is 5.75. The van der Waals surface area contributed by atoms with E-state index in [1.165, 1.54) is 0 Å². The molecule has 2 N–H and O–H groups in total. The number of hydrogen-bond donors (Lipinski definition) is 2. The molecule has 0 bridgehead atoms. The van der Waals surface area contributed by atoms with Crippen molar-refractivity contribution in [3.63, 3.8) is 0 Å². The van der Waals surface area contributed by atoms with Crippen molar-refractivity contribution in [3.8, 4) is 0 Å². The average molecular weight is 212 g/mol. The van der Waals surface area contributed by atoms with Crippen LogP contribution in [0.3, 0.4) is 0 Å². The van der Waals surface area contributed by atoms with Gasteiger partial charge >= 0.3 is 0 Å². The molecule has 0 aromatic carbocycles. The second-order valence-corrected chi connectivity index (χ2v) is 3.18. The molecule has 5 nitrogen and oxygen atoms in total. The van der Waals surface area contributed by atoms with Gasteiger partial charge in [-0.2, -0.15) is 0 Å². The first-order chi connectivity index (χ1) is 7.26. The molecule has 84 valence electrons. The van der Waals surface area contributed by atoms with Crippen LogP contribution in [-0.4, -0.2) is 22.6 Å². The normalized spacial score (nSPS) is 10.3. The van der Waals surface area contributed by atoms with E-state index in [2.05, 4.69) is 10.3 Å². The molecule has 0 fully saturated rings. The number of aromatic nitrogens is 1. The van der Waals surface area contributed by atoms with Crippen molar-refractivity contribution >= 4 is 5.91 Å². The van der Waals surface area contributed by atoms with Crippen LogP contribution in [0.4, 0.5) is 0 Å². The molecular formula is C10H16N2O3. The molecule has 0 radical (unpaired) electrons. The minimum atomic E-state index is -0.0969. The van der Waals surface area contributed by atoms with E-state index in [-0.39, 0.29) is 12.5 Å². The maximum Gasteiger partial charge on any atom is 0.220 e. The standard InChI is InChI=1S/C10H16N2O3/c1-2-8-6-12-10(15-8)7-11-9(14)4-3-5-13/h6,13H,2-5,7H2,1H3,(H,11,14). The summed E-state index contributed by atoms with van der Waals surface area (Å²) in [6.07, 6.45) is 3.27. The summed E-state index contributed by atoms with van der Waals surface area (Å²) >= 11 is 0. The smallest absolute Gasteiger partial charge is 0.220 e. The van der Waals surface area contributed by atoms with Gasteiger partial charge in [-0.3, -0.25) is 4.79 Å². The van der Waals surface area contributed by atoms with Gasteiger partial charge in [0.05, 0.1) is 12.7 Å². The average Bonchev–Trinajstić information content (AvgIpc) is 2.71. The summed E-state index contributed by atoms with van der Waals surface area (Å²) in [4.78, 5) is 15.2. The summed E-state index contributed by atoms with van der Waals surface area (Å²) in [5.74, 6) is 1.24. The van der Waals surface area contributed by atoms with E-state index in [1.54, 1.807) is 6.20 Å². The molecule has 5 heteroatoms. The third-order valence-electron chi connectivity index (χ3n) is 1.95. The Morgan fingerprint density at radius 3 is 3.07 bits per heavy atom. The highest BCUT2D eigenvalue weighted by Crippen LogP contribution is 2.03. The Kier molecular flexibility index (Phi) is 4.83. The molecule has 1 amide bonds. The summed E-state index contributed by atoms with van der Waals surface area (Å²) in [5, 5.41) is 11.2. The highest BCUT2D eigenvalue weighted by Gasteiger charge is 2.04. The minimum absolute atomic E-state index is 0.0341. The zero-order valence-electron chi connectivity index (χ0n) is 8.82. The Hall–Kier alpha value is -1.36. The second kappa shape index (κ2) is 6.19. The largest absolute Gasteiger partial charge is 0.444 e. The number of rotatable bonds is 6. The van der Waals surface area contributed by atoms with Crippen LogP contribution in [0.2, 0.25) is 0 Å². The quantitative estimate of drug-likeness (QED) is 0.725. The molecule has 1 rings (SSSR count). The van der Waals surface area contributed by atoms with Crippen molar-refractivity contribution in [2.24, 2.45) is 0 Å². The number of hydrogen-bond acceptors (Lipinski definition) is 4. The van der Waals surface area contributed by atoms with Gasteiger partial charge in [-0.25, -0.2) is 4.98 Å². The van der Waals surface area contributed by atoms with Crippen LogP contribution in [0.1, 0.15) is 31.4 Å². The Bertz CT molecular complexity index is 309. The second-order valence-electron chi connectivity index (χ2n) is 3.18. The van der Waals surface area contributed by atoms with E-state index >= 15 is 0 Å². The Labute approximate surface area is 88.5 Å². The maximum absolute atomic E-state index is 11.2. The van der Waals surface area contributed by atoms with Crippen molar-refractivity contribution in [1.29, 1.82) is 0 Å². The summed E-state index contributed by atoms with van der Waals surface area (Å²) in [6.45, 7) is 2.32. The van der Waals surface area contributed by atoms with E-state index in [0.717, 1.165) is 12.2 Å². The number of carbonyl (C=O) groups excluding carboxylic acids is 1. The summed E-state index contributed by atoms with van der Waals surface area (Å²) in [5.41, 5.74) is 0. The number of amides is 1. The minimum Gasteiger partial charge on any atom is -0.444 e. The molecule has 0 aliphatic carbocycles. The van der Waals surface area contributed by atoms with Crippen LogP contribution in [0, 0.1) is 0 Å². The van der Waals surface area contributed by atoms with E-state index in [1.807, 2.05) is 6.92 Å². The van der Waals surface area contributed by atoms with Crippen LogP contribution in [0.5, 0.6) is 0 Å². The van der Waals surface area contributed by atoms with E-state index in [9.17, 15) is 4.79 Å². The molecule has 0 atom stereocenters. The number of aliphatic hydroxyl groups is 1. The number of aliphatic hydroxyl groups excluding tert-OH is 1. The van der Waals surface area contributed by atoms with Gasteiger partial charge in [0.1, 0.15) is 5.76 Å². The van der Waals surface area contributed by atoms with Crippen LogP contribution >= 0.6 is 0 Å². The predicted octanol–water partition coefficient (Wildman–Crippen LogP) is 0.626. The van der Waals surface area contributed by atoms with Crippen molar-refractivity contribution in [2.75, 3.05) is 6.61 Å². The van der Waals surface area contributed by atoms with Crippen molar-refractivity contribution in [1.82, 2.24) is 10.3 Å². The predicted molar refractivity (Wildman–Crippen MR) is 54.0 cm³/mol. The lowest BCUT2D eigenvalue weighted by molar-refractivity contribution is -0.121. The first-order valence-corrected chi connectivity index (χ1v) is 5.07. The molecule has 0 aliphatic heterocycles. The molecule has 0 aliphatic rings. The summed E-state index contributed by atoms with van der Waals surface area (Å²) in [6, 6.07) is 0. The number of carbonyl (C=O) groups is 1. The van der Waals surface area contributed by atoms with E-state index in [0.29, 0.717) is 25.3 Å². The van der Waals surface area contributed by atoms with Crippen LogP contribution in [0.15, 0.2) is 10.6 Å². The SMILES string of the molecule is CCc1cnc(CNC(=O)CCCO)o1. The van der Waals surface area contributed by atoms with E-state index < -0.39 is 0 Å². The summed E-state index contributed by atoms with van der Waals surface area (Å²) in [7, 11) is 0. The molecule has 0 spiro atoms. The van der Waals surface area contributed by atoms with Gasteiger partial charge in [0.2, 0.25) is 11.8 Å². The molecule has 0 unspecified atom stereocenters. The van der Waals surface area contributed by atoms with Gasteiger partial charge < -0.3 is 14.8 Å². The molecule has 1 aromatic rings. The fraction of sp³-hybridized carbons (Fsp3) is 0.600. The third-order valence-corrected chi connectivity index (χ3v) is 1.95. The van der Waals surface area contributed by atoms with Crippen molar-refractivity contribution < 1.29 is 14.3 Å². The molecule has 1 aromatic heterocycles. The van der Waals surface area contributed by atoms with Gasteiger partial charge in [-0.15, -0.1) is 0 Å². The lowest BCUT2D eigenvalue weighted by Gasteiger charge is -2.00. The van der Waals surface area contributed by atoms with Gasteiger partial charge in [-0.1, -0.05) is 6.92 Å². The summed E-state index contributed by atoms with van der Waals surface area (Å²) < 4.78 is 5.31. The fourth-order valence-corrected chi connectivity index (χ4v) is 1.10. The van der Waals surface area contributed by atoms with Gasteiger partial charge in [0.15, 0.2) is 0 Å². The molecule has 0 saturated heterocycles. The topological polar surface area (TPSA) is 75.4 Å². The lowest BCUT2D eigenvalue weighted by atomic mass is 10.3. The zero-order chi connectivity index (χ0) is 11.1. The van der Waals surface area contributed by atoms with Gasteiger partial charge in [-0.05, 0) is 6.42 Å². The van der Waals surface area contributed by atoms with Crippen LogP contribution in [0.25, 0.3) is 0 Å². The van der Waals surface area contributed by atoms with Gasteiger partial charge in [0, 0.05) is 19.4 Å². The molecule has 0 saturated carbocycles. The van der Waals surface area contributed by atoms with Crippen molar-refractivity contribution in [3.05, 3.63) is 17.8 Å². The first-order valence-electron chi connectivity index (χ1n) is 5.07. The number of oxazole rings is 1. The monoisotopic (exact) mass is 212 g/mol. The number of nitrogens with one attached hydrogen (secondary N) is 1. The van der Waals surface area contributed by atoms with Crippen LogP contribution in [-0.2, 0) is 17.8 Å². The third kappa shape index (κ3) is 4.12. The van der Waals surface area contributed by atoms with Gasteiger partial charge in [0.25, 0.3) is 0 Å². The Balaban J connectivity index is 2.27. The van der Waals surface area contributed by atoms with Crippen molar-refractivity contribution in [2.45, 2.75) is 32.7 Å². The molecular weight excluding hydrogens is 196 g/mol. The molecule has 15 heavy (non-hydrogen) atoms. The first kappa shape index (κ1) is 11.7. The number of aryl methyl sites for hydroxylation is 1. The zero-order valence-corrected chi connectivity index (χ0v) is 8.82.